The second kappa shape index (κ2) is 4.44. The molecule has 5 heteroatoms. The van der Waals surface area contributed by atoms with Crippen molar-refractivity contribution in [1.82, 2.24) is 5.01 Å². The molecule has 1 aromatic carbocycles. The van der Waals surface area contributed by atoms with Crippen LogP contribution < -0.4 is 0 Å². The Morgan fingerprint density at radius 3 is 2.38 bits per heavy atom. The van der Waals surface area contributed by atoms with Gasteiger partial charge in [-0.2, -0.15) is 5.10 Å². The van der Waals surface area contributed by atoms with E-state index in [1.807, 2.05) is 37.4 Å². The van der Waals surface area contributed by atoms with Crippen LogP contribution in [0.3, 0.4) is 0 Å². The van der Waals surface area contributed by atoms with Crippen molar-refractivity contribution in [2.24, 2.45) is 5.10 Å². The number of hydrogen-bond acceptors (Lipinski definition) is 2. The lowest BCUT2D eigenvalue weighted by molar-refractivity contribution is 0.287. The summed E-state index contributed by atoms with van der Waals surface area (Å²) in [5.41, 5.74) is 2.03. The van der Waals surface area contributed by atoms with Gasteiger partial charge in [-0.05, 0) is 5.56 Å². The molecule has 0 spiro atoms. The molecular formula is C11H11Cl3N2. The Morgan fingerprint density at radius 2 is 1.88 bits per heavy atom. The van der Waals surface area contributed by atoms with Crippen LogP contribution in [-0.2, 0) is 0 Å². The highest BCUT2D eigenvalue weighted by atomic mass is 35.6. The van der Waals surface area contributed by atoms with Crippen LogP contribution in [-0.4, -0.2) is 27.6 Å². The molecule has 1 aromatic rings. The molecule has 1 unspecified atom stereocenters. The molecule has 0 amide bonds. The molecule has 0 aliphatic carbocycles. The average molecular weight is 278 g/mol. The Bertz CT molecular complexity index is 397. The maximum absolute atomic E-state index is 5.90. The van der Waals surface area contributed by atoms with Crippen molar-refractivity contribution in [3.05, 3.63) is 35.9 Å². The number of hydrazone groups is 1. The summed E-state index contributed by atoms with van der Waals surface area (Å²) in [6.45, 7) is 0. The number of benzene rings is 1. The molecule has 0 radical (unpaired) electrons. The molecule has 0 aromatic heterocycles. The lowest BCUT2D eigenvalue weighted by Crippen LogP contribution is -2.35. The van der Waals surface area contributed by atoms with Crippen LogP contribution in [0, 0.1) is 0 Å². The van der Waals surface area contributed by atoms with Gasteiger partial charge in [-0.3, -0.25) is 5.01 Å². The lowest BCUT2D eigenvalue weighted by Gasteiger charge is -2.25. The summed E-state index contributed by atoms with van der Waals surface area (Å²) < 4.78 is -1.31. The van der Waals surface area contributed by atoms with Crippen molar-refractivity contribution in [2.75, 3.05) is 7.05 Å². The van der Waals surface area contributed by atoms with E-state index in [2.05, 4.69) is 5.10 Å². The topological polar surface area (TPSA) is 15.6 Å². The summed E-state index contributed by atoms with van der Waals surface area (Å²) in [4.78, 5) is 0. The van der Waals surface area contributed by atoms with Gasteiger partial charge in [-0.1, -0.05) is 65.1 Å². The quantitative estimate of drug-likeness (QED) is 0.718. The predicted molar refractivity (Wildman–Crippen MR) is 69.4 cm³/mol. The van der Waals surface area contributed by atoms with Crippen LogP contribution >= 0.6 is 34.8 Å². The van der Waals surface area contributed by atoms with Crippen LogP contribution in [0.5, 0.6) is 0 Å². The Hall–Kier alpha value is -0.440. The van der Waals surface area contributed by atoms with E-state index < -0.39 is 3.79 Å². The molecule has 1 aliphatic rings. The standard InChI is InChI=1S/C11H11Cl3N2/c1-16-10(11(12,13)14)7-9(15-16)8-5-3-2-4-6-8/h2-6,10H,7H2,1H3. The van der Waals surface area contributed by atoms with E-state index in [1.165, 1.54) is 0 Å². The van der Waals surface area contributed by atoms with Crippen LogP contribution in [0.1, 0.15) is 12.0 Å². The van der Waals surface area contributed by atoms with Crippen LogP contribution in [0.4, 0.5) is 0 Å². The number of halogens is 3. The highest BCUT2D eigenvalue weighted by Gasteiger charge is 2.40. The van der Waals surface area contributed by atoms with Crippen molar-refractivity contribution >= 4 is 40.5 Å². The van der Waals surface area contributed by atoms with Gasteiger partial charge >= 0.3 is 0 Å². The molecule has 0 bridgehead atoms. The average Bonchev–Trinajstić information content (AvgIpc) is 2.61. The van der Waals surface area contributed by atoms with Gasteiger partial charge in [-0.25, -0.2) is 0 Å². The second-order valence-corrected chi connectivity index (χ2v) is 6.12. The summed E-state index contributed by atoms with van der Waals surface area (Å²) in [5.74, 6) is 0. The molecule has 16 heavy (non-hydrogen) atoms. The van der Waals surface area contributed by atoms with E-state index in [9.17, 15) is 0 Å². The van der Waals surface area contributed by atoms with Crippen molar-refractivity contribution in [2.45, 2.75) is 16.3 Å². The molecule has 0 N–H and O–H groups in total. The minimum Gasteiger partial charge on any atom is -0.292 e. The fraction of sp³-hybridized carbons (Fsp3) is 0.364. The number of hydrogen-bond donors (Lipinski definition) is 0. The van der Waals surface area contributed by atoms with Gasteiger partial charge in [0.25, 0.3) is 0 Å². The van der Waals surface area contributed by atoms with E-state index in [0.717, 1.165) is 11.3 Å². The molecule has 2 nitrogen and oxygen atoms in total. The smallest absolute Gasteiger partial charge is 0.212 e. The zero-order valence-electron chi connectivity index (χ0n) is 8.70. The highest BCUT2D eigenvalue weighted by molar-refractivity contribution is 6.68. The molecule has 0 saturated carbocycles. The van der Waals surface area contributed by atoms with E-state index in [4.69, 9.17) is 34.8 Å². The molecule has 0 fully saturated rings. The minimum absolute atomic E-state index is 0.201. The van der Waals surface area contributed by atoms with Crippen molar-refractivity contribution in [1.29, 1.82) is 0 Å². The molecule has 1 aliphatic heterocycles. The minimum atomic E-state index is -1.31. The zero-order chi connectivity index (χ0) is 11.8. The number of rotatable bonds is 1. The molecule has 86 valence electrons. The highest BCUT2D eigenvalue weighted by Crippen LogP contribution is 2.38. The third kappa shape index (κ3) is 2.45. The molecule has 2 rings (SSSR count). The first-order valence-electron chi connectivity index (χ1n) is 4.91. The van der Waals surface area contributed by atoms with Crippen molar-refractivity contribution in [3.63, 3.8) is 0 Å². The Labute approximate surface area is 110 Å². The van der Waals surface area contributed by atoms with E-state index >= 15 is 0 Å². The van der Waals surface area contributed by atoms with Gasteiger partial charge < -0.3 is 0 Å². The summed E-state index contributed by atoms with van der Waals surface area (Å²) in [7, 11) is 1.82. The Balaban J connectivity index is 2.20. The van der Waals surface area contributed by atoms with Gasteiger partial charge in [0.1, 0.15) is 0 Å². The first-order chi connectivity index (χ1) is 7.48. The third-order valence-corrected chi connectivity index (χ3v) is 3.36. The van der Waals surface area contributed by atoms with Gasteiger partial charge in [0.05, 0.1) is 11.8 Å². The summed E-state index contributed by atoms with van der Waals surface area (Å²) in [5, 5.41) is 6.12. The largest absolute Gasteiger partial charge is 0.292 e. The predicted octanol–water partition coefficient (Wildman–Crippen LogP) is 3.47. The Morgan fingerprint density at radius 1 is 1.25 bits per heavy atom. The van der Waals surface area contributed by atoms with E-state index in [-0.39, 0.29) is 6.04 Å². The van der Waals surface area contributed by atoms with E-state index in [1.54, 1.807) is 5.01 Å². The summed E-state index contributed by atoms with van der Waals surface area (Å²) >= 11 is 17.7. The molecule has 1 atom stereocenters. The van der Waals surface area contributed by atoms with Crippen molar-refractivity contribution < 1.29 is 0 Å². The maximum Gasteiger partial charge on any atom is 0.212 e. The molecule has 0 saturated heterocycles. The normalized spacial score (nSPS) is 21.1. The fourth-order valence-corrected chi connectivity index (χ4v) is 2.41. The third-order valence-electron chi connectivity index (χ3n) is 2.60. The maximum atomic E-state index is 5.90. The Kier molecular flexibility index (Phi) is 3.34. The second-order valence-electron chi connectivity index (χ2n) is 3.75. The first kappa shape index (κ1) is 12.0. The molecular weight excluding hydrogens is 266 g/mol. The van der Waals surface area contributed by atoms with Gasteiger partial charge in [0, 0.05) is 13.5 Å². The van der Waals surface area contributed by atoms with Crippen LogP contribution in [0.15, 0.2) is 35.4 Å². The van der Waals surface area contributed by atoms with Crippen LogP contribution in [0.25, 0.3) is 0 Å². The first-order valence-corrected chi connectivity index (χ1v) is 6.04. The number of nitrogens with zero attached hydrogens (tertiary/aromatic N) is 2. The summed E-state index contributed by atoms with van der Waals surface area (Å²) in [6.07, 6.45) is 0.650. The SMILES string of the molecule is CN1N=C(c2ccccc2)CC1C(Cl)(Cl)Cl. The fourth-order valence-electron chi connectivity index (χ4n) is 1.75. The van der Waals surface area contributed by atoms with Gasteiger partial charge in [0.2, 0.25) is 3.79 Å². The number of alkyl halides is 3. The monoisotopic (exact) mass is 276 g/mol. The molecule has 1 heterocycles. The van der Waals surface area contributed by atoms with Crippen LogP contribution in [0.2, 0.25) is 0 Å². The summed E-state index contributed by atoms with van der Waals surface area (Å²) in [6, 6.07) is 9.73. The van der Waals surface area contributed by atoms with Crippen molar-refractivity contribution in [3.8, 4) is 0 Å². The van der Waals surface area contributed by atoms with E-state index in [0.29, 0.717) is 6.42 Å². The zero-order valence-corrected chi connectivity index (χ0v) is 11.0. The lowest BCUT2D eigenvalue weighted by atomic mass is 10.1. The van der Waals surface area contributed by atoms with Gasteiger partial charge in [-0.15, -0.1) is 0 Å². The van der Waals surface area contributed by atoms with Gasteiger partial charge in [0.15, 0.2) is 0 Å².